The van der Waals surface area contributed by atoms with Crippen LogP contribution < -0.4 is 0 Å². The van der Waals surface area contributed by atoms with Crippen molar-refractivity contribution in [2.75, 3.05) is 27.2 Å². The van der Waals surface area contributed by atoms with Gasteiger partial charge in [-0.15, -0.1) is 11.3 Å². The third-order valence-corrected chi connectivity index (χ3v) is 6.79. The third-order valence-electron chi connectivity index (χ3n) is 5.90. The number of nitrogens with zero attached hydrogens (tertiary/aromatic N) is 4. The Morgan fingerprint density at radius 2 is 1.96 bits per heavy atom. The standard InChI is InChI=1S/C22H28N4OS/c1-4-16-5-7-17(8-6-16)20-14-26-19(15-28-22(26)23-20)13-21(27)25(3)18-9-11-24(2)12-10-18/h5-8,14-15,18H,4,9-13H2,1-3H3. The van der Waals surface area contributed by atoms with Crippen molar-refractivity contribution >= 4 is 22.2 Å². The summed E-state index contributed by atoms with van der Waals surface area (Å²) in [4.78, 5) is 22.9. The molecule has 148 valence electrons. The highest BCUT2D eigenvalue weighted by Gasteiger charge is 2.24. The van der Waals surface area contributed by atoms with Crippen molar-refractivity contribution in [1.82, 2.24) is 19.2 Å². The molecule has 0 spiro atoms. The van der Waals surface area contributed by atoms with E-state index in [0.717, 1.165) is 54.3 Å². The minimum absolute atomic E-state index is 0.191. The molecule has 5 nitrogen and oxygen atoms in total. The lowest BCUT2D eigenvalue weighted by molar-refractivity contribution is -0.132. The van der Waals surface area contributed by atoms with Crippen LogP contribution in [0.1, 0.15) is 31.0 Å². The maximum atomic E-state index is 12.9. The summed E-state index contributed by atoms with van der Waals surface area (Å²) in [6, 6.07) is 8.93. The predicted octanol–water partition coefficient (Wildman–Crippen LogP) is 3.72. The molecular weight excluding hydrogens is 368 g/mol. The number of carbonyl (C=O) groups excluding carboxylic acids is 1. The van der Waals surface area contributed by atoms with Crippen molar-refractivity contribution in [3.05, 3.63) is 47.1 Å². The van der Waals surface area contributed by atoms with Crippen LogP contribution >= 0.6 is 11.3 Å². The first-order valence-corrected chi connectivity index (χ1v) is 10.9. The Bertz CT molecular complexity index is 951. The fourth-order valence-corrected chi connectivity index (χ4v) is 4.75. The van der Waals surface area contributed by atoms with Crippen molar-refractivity contribution in [1.29, 1.82) is 0 Å². The molecule has 1 aliphatic heterocycles. The summed E-state index contributed by atoms with van der Waals surface area (Å²) in [5.74, 6) is 0.191. The summed E-state index contributed by atoms with van der Waals surface area (Å²) in [7, 11) is 4.10. The molecular formula is C22H28N4OS. The fourth-order valence-electron chi connectivity index (χ4n) is 3.87. The molecule has 0 aliphatic carbocycles. The van der Waals surface area contributed by atoms with Gasteiger partial charge in [-0.05, 0) is 45.0 Å². The lowest BCUT2D eigenvalue weighted by Crippen LogP contribution is -2.45. The Balaban J connectivity index is 1.49. The molecule has 1 saturated heterocycles. The number of piperidine rings is 1. The minimum Gasteiger partial charge on any atom is -0.342 e. The van der Waals surface area contributed by atoms with Gasteiger partial charge in [-0.1, -0.05) is 31.2 Å². The number of benzene rings is 1. The van der Waals surface area contributed by atoms with Gasteiger partial charge < -0.3 is 9.80 Å². The molecule has 2 aromatic heterocycles. The number of hydrogen-bond donors (Lipinski definition) is 0. The average Bonchev–Trinajstić information content (AvgIpc) is 3.30. The topological polar surface area (TPSA) is 40.9 Å². The van der Waals surface area contributed by atoms with Gasteiger partial charge >= 0.3 is 0 Å². The molecule has 0 atom stereocenters. The van der Waals surface area contributed by atoms with E-state index < -0.39 is 0 Å². The zero-order valence-corrected chi connectivity index (χ0v) is 17.7. The van der Waals surface area contributed by atoms with E-state index in [2.05, 4.69) is 59.1 Å². The molecule has 0 unspecified atom stereocenters. The Kier molecular flexibility index (Phi) is 5.51. The van der Waals surface area contributed by atoms with E-state index in [1.165, 1.54) is 5.56 Å². The van der Waals surface area contributed by atoms with E-state index in [1.54, 1.807) is 11.3 Å². The molecule has 4 rings (SSSR count). The molecule has 6 heteroatoms. The molecule has 3 aromatic rings. The predicted molar refractivity (Wildman–Crippen MR) is 115 cm³/mol. The molecule has 0 radical (unpaired) electrons. The number of carbonyl (C=O) groups is 1. The molecule has 0 saturated carbocycles. The van der Waals surface area contributed by atoms with Crippen molar-refractivity contribution < 1.29 is 4.79 Å². The normalized spacial score (nSPS) is 16.0. The number of aromatic nitrogens is 2. The molecule has 1 fully saturated rings. The van der Waals surface area contributed by atoms with Gasteiger partial charge in [-0.2, -0.15) is 0 Å². The van der Waals surface area contributed by atoms with E-state index in [0.29, 0.717) is 12.5 Å². The van der Waals surface area contributed by atoms with Crippen LogP contribution in [0.25, 0.3) is 16.2 Å². The Morgan fingerprint density at radius 1 is 1.25 bits per heavy atom. The first-order chi connectivity index (χ1) is 13.5. The van der Waals surface area contributed by atoms with Crippen LogP contribution in [-0.4, -0.2) is 58.3 Å². The summed E-state index contributed by atoms with van der Waals surface area (Å²) >= 11 is 1.60. The number of fused-ring (bicyclic) bond motifs is 1. The second-order valence-corrected chi connectivity index (χ2v) is 8.61. The van der Waals surface area contributed by atoms with E-state index in [1.807, 2.05) is 11.9 Å². The first-order valence-electron chi connectivity index (χ1n) is 10.0. The summed E-state index contributed by atoms with van der Waals surface area (Å²) in [6.45, 7) is 4.28. The van der Waals surface area contributed by atoms with Gasteiger partial charge in [0, 0.05) is 35.9 Å². The summed E-state index contributed by atoms with van der Waals surface area (Å²) < 4.78 is 2.08. The van der Waals surface area contributed by atoms with Gasteiger partial charge in [0.15, 0.2) is 4.96 Å². The number of aryl methyl sites for hydroxylation is 1. The smallest absolute Gasteiger partial charge is 0.228 e. The zero-order chi connectivity index (χ0) is 19.7. The number of thiazole rings is 1. The van der Waals surface area contributed by atoms with Crippen LogP contribution in [0.5, 0.6) is 0 Å². The van der Waals surface area contributed by atoms with Crippen LogP contribution in [0.2, 0.25) is 0 Å². The van der Waals surface area contributed by atoms with Crippen LogP contribution in [-0.2, 0) is 17.6 Å². The molecule has 1 amide bonds. The highest BCUT2D eigenvalue weighted by atomic mass is 32.1. The summed E-state index contributed by atoms with van der Waals surface area (Å²) in [6.07, 6.45) is 5.63. The van der Waals surface area contributed by atoms with Gasteiger partial charge in [0.05, 0.1) is 12.1 Å². The third kappa shape index (κ3) is 3.84. The van der Waals surface area contributed by atoms with Crippen LogP contribution in [0.3, 0.4) is 0 Å². The number of likely N-dealkylation sites (N-methyl/N-ethyl adjacent to an activating group) is 1. The first kappa shape index (κ1) is 19.2. The van der Waals surface area contributed by atoms with E-state index in [9.17, 15) is 4.79 Å². The van der Waals surface area contributed by atoms with Gasteiger partial charge in [0.25, 0.3) is 0 Å². The van der Waals surface area contributed by atoms with Gasteiger partial charge in [-0.3, -0.25) is 9.20 Å². The number of amides is 1. The van der Waals surface area contributed by atoms with Crippen LogP contribution in [0.15, 0.2) is 35.8 Å². The van der Waals surface area contributed by atoms with Crippen molar-refractivity contribution in [3.8, 4) is 11.3 Å². The van der Waals surface area contributed by atoms with Gasteiger partial charge in [0.1, 0.15) is 0 Å². The number of imidazole rings is 1. The Morgan fingerprint density at radius 3 is 2.64 bits per heavy atom. The quantitative estimate of drug-likeness (QED) is 0.660. The van der Waals surface area contributed by atoms with Gasteiger partial charge in [-0.25, -0.2) is 4.98 Å². The summed E-state index contributed by atoms with van der Waals surface area (Å²) in [5.41, 5.74) is 4.43. The lowest BCUT2D eigenvalue weighted by Gasteiger charge is -2.35. The van der Waals surface area contributed by atoms with Crippen molar-refractivity contribution in [2.24, 2.45) is 0 Å². The molecule has 0 N–H and O–H groups in total. The molecule has 28 heavy (non-hydrogen) atoms. The van der Waals surface area contributed by atoms with E-state index in [-0.39, 0.29) is 5.91 Å². The maximum absolute atomic E-state index is 12.9. The second kappa shape index (κ2) is 8.05. The van der Waals surface area contributed by atoms with E-state index in [4.69, 9.17) is 4.98 Å². The molecule has 0 bridgehead atoms. The van der Waals surface area contributed by atoms with E-state index >= 15 is 0 Å². The van der Waals surface area contributed by atoms with Crippen molar-refractivity contribution in [2.45, 2.75) is 38.6 Å². The molecule has 3 heterocycles. The summed E-state index contributed by atoms with van der Waals surface area (Å²) in [5, 5.41) is 2.06. The number of hydrogen-bond acceptors (Lipinski definition) is 4. The van der Waals surface area contributed by atoms with Crippen LogP contribution in [0.4, 0.5) is 0 Å². The van der Waals surface area contributed by atoms with Gasteiger partial charge in [0.2, 0.25) is 5.91 Å². The minimum atomic E-state index is 0.191. The Labute approximate surface area is 170 Å². The second-order valence-electron chi connectivity index (χ2n) is 7.77. The molecule has 1 aliphatic rings. The van der Waals surface area contributed by atoms with Crippen molar-refractivity contribution in [3.63, 3.8) is 0 Å². The molecule has 1 aromatic carbocycles. The monoisotopic (exact) mass is 396 g/mol. The number of likely N-dealkylation sites (tertiary alicyclic amines) is 1. The largest absolute Gasteiger partial charge is 0.342 e. The highest BCUT2D eigenvalue weighted by molar-refractivity contribution is 7.15. The zero-order valence-electron chi connectivity index (χ0n) is 16.9. The SMILES string of the molecule is CCc1ccc(-c2cn3c(CC(=O)N(C)C4CCN(C)CC4)csc3n2)cc1. The Hall–Kier alpha value is -2.18. The average molecular weight is 397 g/mol. The highest BCUT2D eigenvalue weighted by Crippen LogP contribution is 2.25. The lowest BCUT2D eigenvalue weighted by atomic mass is 10.0. The maximum Gasteiger partial charge on any atom is 0.228 e. The fraction of sp³-hybridized carbons (Fsp3) is 0.455. The number of rotatable bonds is 5. The van der Waals surface area contributed by atoms with Crippen LogP contribution in [0, 0.1) is 0 Å².